The molecule has 0 aromatic carbocycles. The Morgan fingerprint density at radius 2 is 1.44 bits per heavy atom. The van der Waals surface area contributed by atoms with E-state index in [1.165, 1.54) is 6.08 Å². The molecule has 1 unspecified atom stereocenters. The predicted molar refractivity (Wildman–Crippen MR) is 181 cm³/mol. The molecule has 3 saturated carbocycles. The number of hydrogen-bond acceptors (Lipinski definition) is 9. The Labute approximate surface area is 306 Å². The number of alkyl halides is 5. The van der Waals surface area contributed by atoms with Gasteiger partial charge in [-0.25, -0.2) is 4.39 Å². The fourth-order valence-corrected chi connectivity index (χ4v) is 8.53. The third-order valence-electron chi connectivity index (χ3n) is 10.6. The normalized spacial score (nSPS) is 32.6. The lowest BCUT2D eigenvalue weighted by molar-refractivity contribution is -0.203. The largest absolute Gasteiger partial charge is 0.481 e. The van der Waals surface area contributed by atoms with E-state index in [-0.39, 0.29) is 55.6 Å². The summed E-state index contributed by atoms with van der Waals surface area (Å²) in [5, 5.41) is 27.2. The van der Waals surface area contributed by atoms with Crippen LogP contribution in [0.2, 0.25) is 0 Å². The highest BCUT2D eigenvalue weighted by Gasteiger charge is 2.76. The van der Waals surface area contributed by atoms with E-state index in [0.29, 0.717) is 19.3 Å². The Morgan fingerprint density at radius 3 is 1.88 bits per heavy atom. The Kier molecular flexibility index (Phi) is 16.7. The van der Waals surface area contributed by atoms with Crippen molar-refractivity contribution < 1.29 is 71.1 Å². The van der Waals surface area contributed by atoms with Crippen molar-refractivity contribution in [3.8, 4) is 0 Å². The van der Waals surface area contributed by atoms with Gasteiger partial charge in [0.1, 0.15) is 0 Å². The summed E-state index contributed by atoms with van der Waals surface area (Å²) in [6, 6.07) is 0. The van der Waals surface area contributed by atoms with E-state index >= 15 is 0 Å². The quantitative estimate of drug-likeness (QED) is 0.138. The van der Waals surface area contributed by atoms with Crippen molar-refractivity contribution in [2.45, 2.75) is 123 Å². The van der Waals surface area contributed by atoms with Crippen LogP contribution in [0.1, 0.15) is 99.8 Å². The molecule has 3 N–H and O–H groups in total. The van der Waals surface area contributed by atoms with Gasteiger partial charge in [0.25, 0.3) is 0 Å². The van der Waals surface area contributed by atoms with Gasteiger partial charge in [-0.1, -0.05) is 60.1 Å². The number of aliphatic hydroxyl groups is 1. The lowest BCUT2D eigenvalue weighted by Crippen LogP contribution is -2.69. The zero-order valence-electron chi connectivity index (χ0n) is 30.6. The molecular weight excluding hydrogens is 720 g/mol. The number of fused-ring (bicyclic) bond motifs is 5. The maximum absolute atomic E-state index is 13.9. The van der Waals surface area contributed by atoms with Crippen molar-refractivity contribution >= 4 is 47.0 Å². The molecule has 4 rings (SSSR count). The van der Waals surface area contributed by atoms with Gasteiger partial charge in [-0.15, -0.1) is 11.6 Å². The Morgan fingerprint density at radius 1 is 0.942 bits per heavy atom. The molecule has 0 bridgehead atoms. The third-order valence-corrected chi connectivity index (χ3v) is 11.5. The maximum Gasteiger partial charge on any atom is 0.416 e. The van der Waals surface area contributed by atoms with E-state index in [1.807, 2.05) is 26.8 Å². The van der Waals surface area contributed by atoms with Gasteiger partial charge in [-0.2, -0.15) is 13.2 Å². The number of carboxylic acid groups (broad SMARTS) is 2. The summed E-state index contributed by atoms with van der Waals surface area (Å²) in [6.07, 6.45) is 2.00. The molecule has 4 aliphatic rings. The average Bonchev–Trinajstić information content (AvgIpc) is 3.30. The molecule has 8 atom stereocenters. The van der Waals surface area contributed by atoms with Crippen molar-refractivity contribution in [2.24, 2.45) is 28.6 Å². The fraction of sp³-hybridized carbons (Fsp3) is 0.722. The van der Waals surface area contributed by atoms with Crippen LogP contribution in [0.15, 0.2) is 23.8 Å². The van der Waals surface area contributed by atoms with Crippen molar-refractivity contribution in [3.63, 3.8) is 0 Å². The van der Waals surface area contributed by atoms with Crippen LogP contribution in [-0.4, -0.2) is 86.8 Å². The van der Waals surface area contributed by atoms with Gasteiger partial charge in [-0.05, 0) is 49.7 Å². The number of Topliss-reactive ketones (excluding diaryl/α,β-unsaturated/α-hetero) is 1. The van der Waals surface area contributed by atoms with E-state index in [0.717, 1.165) is 5.57 Å². The number of halogens is 5. The molecule has 0 heterocycles. The summed E-state index contributed by atoms with van der Waals surface area (Å²) in [5.74, 6) is -3.73. The van der Waals surface area contributed by atoms with Crippen LogP contribution in [0.5, 0.6) is 0 Å². The number of allylic oxidation sites excluding steroid dienone is 4. The minimum absolute atomic E-state index is 0.0801. The van der Waals surface area contributed by atoms with Gasteiger partial charge in [0.15, 0.2) is 24.7 Å². The molecule has 0 aromatic rings. The standard InChI is InChI=1S/C28H37ClO7.2C3H6O2.C2H2F4/c1-6-23(33)35-15-22(32)28(36-24(34)7-2)16(3)12-20-19-9-8-17-13-18(30)10-11-25(17,4)27(19,29)21(31)14-26(20,28)5;2*1-2-3(4)5;3-1-2(4,5)6/h10-11,13,16,19-21,31H,6-9,12,14-15H2,1-5H3;2*2H2,1H3,(H,4,5);1H2/t16-,19-,20-,21-,25-,26-,27?,28-;;;/m0.../s1. The second-order valence-corrected chi connectivity index (χ2v) is 14.3. The molecule has 11 nitrogen and oxygen atoms in total. The molecule has 3 fully saturated rings. The summed E-state index contributed by atoms with van der Waals surface area (Å²) in [5.41, 5.74) is -2.27. The first-order chi connectivity index (χ1) is 23.9. The number of carboxylic acids is 2. The smallest absolute Gasteiger partial charge is 0.416 e. The second kappa shape index (κ2) is 18.6. The van der Waals surface area contributed by atoms with E-state index in [1.54, 1.807) is 33.8 Å². The summed E-state index contributed by atoms with van der Waals surface area (Å²) >= 11 is 7.48. The van der Waals surface area contributed by atoms with E-state index in [2.05, 4.69) is 0 Å². The molecule has 16 heteroatoms. The zero-order valence-corrected chi connectivity index (χ0v) is 31.4. The number of rotatable bonds is 8. The molecule has 296 valence electrons. The van der Waals surface area contributed by atoms with Crippen molar-refractivity contribution in [3.05, 3.63) is 23.8 Å². The third kappa shape index (κ3) is 9.80. The van der Waals surface area contributed by atoms with E-state index in [9.17, 15) is 51.4 Å². The molecular formula is C36H51ClF4O11. The topological polar surface area (TPSA) is 182 Å². The second-order valence-electron chi connectivity index (χ2n) is 13.6. The monoisotopic (exact) mass is 770 g/mol. The van der Waals surface area contributed by atoms with E-state index < -0.39 is 76.5 Å². The van der Waals surface area contributed by atoms with Crippen LogP contribution in [0.25, 0.3) is 0 Å². The molecule has 0 spiro atoms. The molecule has 0 amide bonds. The molecule has 4 aliphatic carbocycles. The van der Waals surface area contributed by atoms with Crippen LogP contribution in [0, 0.1) is 28.6 Å². The van der Waals surface area contributed by atoms with Crippen molar-refractivity contribution in [2.75, 3.05) is 13.3 Å². The van der Waals surface area contributed by atoms with Crippen molar-refractivity contribution in [1.82, 2.24) is 0 Å². The molecule has 0 aromatic heterocycles. The number of ketones is 2. The first kappa shape index (κ1) is 46.7. The van der Waals surface area contributed by atoms with Gasteiger partial charge < -0.3 is 24.8 Å². The summed E-state index contributed by atoms with van der Waals surface area (Å²) in [6.45, 7) is 9.58. The Bertz CT molecular complexity index is 1380. The lowest BCUT2D eigenvalue weighted by atomic mass is 9.45. The minimum Gasteiger partial charge on any atom is -0.481 e. The minimum atomic E-state index is -4.62. The highest BCUT2D eigenvalue weighted by atomic mass is 35.5. The van der Waals surface area contributed by atoms with Crippen LogP contribution in [-0.2, 0) is 38.2 Å². The van der Waals surface area contributed by atoms with Crippen LogP contribution in [0.3, 0.4) is 0 Å². The molecule has 0 radical (unpaired) electrons. The van der Waals surface area contributed by atoms with Gasteiger partial charge in [0, 0.05) is 42.4 Å². The first-order valence-electron chi connectivity index (χ1n) is 17.2. The van der Waals surface area contributed by atoms with Crippen LogP contribution < -0.4 is 0 Å². The first-order valence-corrected chi connectivity index (χ1v) is 17.6. The Balaban J connectivity index is 0.000000706. The van der Waals surface area contributed by atoms with Gasteiger partial charge in [0.2, 0.25) is 5.78 Å². The average molecular weight is 771 g/mol. The highest BCUT2D eigenvalue weighted by Crippen LogP contribution is 2.72. The molecule has 52 heavy (non-hydrogen) atoms. The van der Waals surface area contributed by atoms with Gasteiger partial charge >= 0.3 is 30.1 Å². The summed E-state index contributed by atoms with van der Waals surface area (Å²) < 4.78 is 52.9. The number of aliphatic carboxylic acids is 2. The van der Waals surface area contributed by atoms with Crippen LogP contribution >= 0.6 is 11.6 Å². The van der Waals surface area contributed by atoms with E-state index in [4.69, 9.17) is 31.3 Å². The summed E-state index contributed by atoms with van der Waals surface area (Å²) in [7, 11) is 0. The maximum atomic E-state index is 13.9. The Hall–Kier alpha value is -3.33. The number of carbonyl (C=O) groups excluding carboxylic acids is 4. The number of aliphatic hydroxyl groups excluding tert-OH is 1. The highest BCUT2D eigenvalue weighted by molar-refractivity contribution is 6.26. The fourth-order valence-electron chi connectivity index (χ4n) is 8.01. The zero-order chi connectivity index (χ0) is 40.5. The number of esters is 2. The number of carbonyl (C=O) groups is 6. The summed E-state index contributed by atoms with van der Waals surface area (Å²) in [4.78, 5) is 68.2. The lowest BCUT2D eigenvalue weighted by Gasteiger charge is -2.64. The predicted octanol–water partition coefficient (Wildman–Crippen LogP) is 6.57. The SMILES string of the molecule is CCC(=O)O.CCC(=O)O.CCC(=O)OCC(=O)[C@@]1(OC(=O)CC)[C@@H](C)C[C@H]2[C@@H]3CCC4=CC(=O)C=C[C@]4(C)C3(Cl)[C@@H](O)C[C@@]21C.FCC(F)(F)F. The molecule has 0 saturated heterocycles. The molecule has 0 aliphatic heterocycles. The van der Waals surface area contributed by atoms with Crippen molar-refractivity contribution in [1.29, 1.82) is 0 Å². The van der Waals surface area contributed by atoms with Crippen LogP contribution in [0.4, 0.5) is 17.6 Å². The van der Waals surface area contributed by atoms with Gasteiger partial charge in [0.05, 0.1) is 11.0 Å². The number of hydrogen-bond donors (Lipinski definition) is 3. The van der Waals surface area contributed by atoms with Gasteiger partial charge in [-0.3, -0.25) is 28.8 Å². The number of ether oxygens (including phenoxy) is 2.